The number of rotatable bonds is 1. The lowest BCUT2D eigenvalue weighted by molar-refractivity contribution is 0.282. The molecule has 0 unspecified atom stereocenters. The zero-order valence-corrected chi connectivity index (χ0v) is 4.76. The molecule has 0 aliphatic heterocycles. The summed E-state index contributed by atoms with van der Waals surface area (Å²) in [5.74, 6) is 0. The van der Waals surface area contributed by atoms with Crippen molar-refractivity contribution < 1.29 is 5.11 Å². The first-order valence-corrected chi connectivity index (χ1v) is 2.55. The van der Waals surface area contributed by atoms with Crippen LogP contribution in [-0.2, 0) is 6.61 Å². The summed E-state index contributed by atoms with van der Waals surface area (Å²) in [6.07, 6.45) is 1.61. The Kier molecular flexibility index (Phi) is 1.52. The Hall–Kier alpha value is -1.27. The third kappa shape index (κ3) is 1.09. The van der Waals surface area contributed by atoms with Crippen LogP contribution in [0.1, 0.15) is 11.3 Å². The Morgan fingerprint density at radius 1 is 1.78 bits per heavy atom. The summed E-state index contributed by atoms with van der Waals surface area (Å²) in [4.78, 5) is 2.69. The van der Waals surface area contributed by atoms with Gasteiger partial charge in [0.1, 0.15) is 11.8 Å². The van der Waals surface area contributed by atoms with E-state index in [2.05, 4.69) is 4.98 Å². The van der Waals surface area contributed by atoms with Gasteiger partial charge in [0, 0.05) is 6.20 Å². The van der Waals surface area contributed by atoms with Crippen LogP contribution in [-0.4, -0.2) is 10.1 Å². The van der Waals surface area contributed by atoms with Crippen molar-refractivity contribution in [3.05, 3.63) is 23.5 Å². The van der Waals surface area contributed by atoms with Crippen LogP contribution in [0, 0.1) is 11.3 Å². The molecule has 46 valence electrons. The standard InChI is InChI=1S/C6H6N2O/c7-2-6-1-5(4-9)3-8-6/h1,3,8-9H,4H2. The van der Waals surface area contributed by atoms with Crippen molar-refractivity contribution in [2.75, 3.05) is 0 Å². The highest BCUT2D eigenvalue weighted by molar-refractivity contribution is 5.25. The van der Waals surface area contributed by atoms with Crippen molar-refractivity contribution in [3.8, 4) is 6.07 Å². The van der Waals surface area contributed by atoms with E-state index >= 15 is 0 Å². The molecule has 3 heteroatoms. The molecule has 9 heavy (non-hydrogen) atoms. The average molecular weight is 122 g/mol. The van der Waals surface area contributed by atoms with E-state index in [1.807, 2.05) is 6.07 Å². The number of aromatic amines is 1. The molecular weight excluding hydrogens is 116 g/mol. The predicted octanol–water partition coefficient (Wildman–Crippen LogP) is 0.379. The second-order valence-electron chi connectivity index (χ2n) is 1.69. The third-order valence-corrected chi connectivity index (χ3v) is 1.05. The van der Waals surface area contributed by atoms with Crippen LogP contribution in [0.5, 0.6) is 0 Å². The highest BCUT2D eigenvalue weighted by Crippen LogP contribution is 2.00. The highest BCUT2D eigenvalue weighted by atomic mass is 16.3. The fourth-order valence-electron chi connectivity index (χ4n) is 0.595. The first-order chi connectivity index (χ1) is 4.36. The number of hydrogen-bond acceptors (Lipinski definition) is 2. The van der Waals surface area contributed by atoms with Crippen molar-refractivity contribution in [3.63, 3.8) is 0 Å². The molecule has 0 saturated carbocycles. The fourth-order valence-corrected chi connectivity index (χ4v) is 0.595. The van der Waals surface area contributed by atoms with Gasteiger partial charge in [-0.25, -0.2) is 0 Å². The molecule has 0 atom stereocenters. The number of nitrogens with one attached hydrogen (secondary N) is 1. The van der Waals surface area contributed by atoms with Gasteiger partial charge in [-0.1, -0.05) is 0 Å². The van der Waals surface area contributed by atoms with E-state index in [1.54, 1.807) is 12.3 Å². The second-order valence-corrected chi connectivity index (χ2v) is 1.69. The zero-order valence-electron chi connectivity index (χ0n) is 4.76. The molecular formula is C6H6N2O. The molecule has 0 saturated heterocycles. The summed E-state index contributed by atoms with van der Waals surface area (Å²) in [5, 5.41) is 16.8. The van der Waals surface area contributed by atoms with Crippen LogP contribution >= 0.6 is 0 Å². The van der Waals surface area contributed by atoms with E-state index < -0.39 is 0 Å². The lowest BCUT2D eigenvalue weighted by Crippen LogP contribution is -1.73. The zero-order chi connectivity index (χ0) is 6.69. The molecule has 0 aromatic carbocycles. The Bertz CT molecular complexity index is 233. The molecule has 0 fully saturated rings. The van der Waals surface area contributed by atoms with Crippen LogP contribution < -0.4 is 0 Å². The molecule has 2 N–H and O–H groups in total. The first-order valence-electron chi connectivity index (χ1n) is 2.55. The summed E-state index contributed by atoms with van der Waals surface area (Å²) in [6, 6.07) is 3.53. The topological polar surface area (TPSA) is 59.8 Å². The molecule has 3 nitrogen and oxygen atoms in total. The summed E-state index contributed by atoms with van der Waals surface area (Å²) in [6.45, 7) is -0.0157. The summed E-state index contributed by atoms with van der Waals surface area (Å²) < 4.78 is 0. The molecule has 0 bridgehead atoms. The number of H-pyrrole nitrogens is 1. The SMILES string of the molecule is N#Cc1cc(CO)c[nH]1. The van der Waals surface area contributed by atoms with E-state index in [9.17, 15) is 0 Å². The van der Waals surface area contributed by atoms with Gasteiger partial charge in [-0.05, 0) is 11.6 Å². The average Bonchev–Trinajstić information content (AvgIpc) is 2.34. The molecule has 0 aliphatic rings. The minimum Gasteiger partial charge on any atom is -0.392 e. The molecule has 0 aliphatic carbocycles. The van der Waals surface area contributed by atoms with Gasteiger partial charge in [0.25, 0.3) is 0 Å². The van der Waals surface area contributed by atoms with Gasteiger partial charge in [0.15, 0.2) is 0 Å². The predicted molar refractivity (Wildman–Crippen MR) is 31.4 cm³/mol. The maximum absolute atomic E-state index is 8.52. The Labute approximate surface area is 52.6 Å². The normalized spacial score (nSPS) is 8.89. The van der Waals surface area contributed by atoms with Crippen molar-refractivity contribution in [1.82, 2.24) is 4.98 Å². The largest absolute Gasteiger partial charge is 0.392 e. The Morgan fingerprint density at radius 2 is 2.56 bits per heavy atom. The van der Waals surface area contributed by atoms with Gasteiger partial charge in [-0.3, -0.25) is 0 Å². The minimum atomic E-state index is -0.0157. The number of nitriles is 1. The maximum atomic E-state index is 8.52. The monoisotopic (exact) mass is 122 g/mol. The van der Waals surface area contributed by atoms with Crippen molar-refractivity contribution >= 4 is 0 Å². The van der Waals surface area contributed by atoms with Crippen LogP contribution in [0.25, 0.3) is 0 Å². The quantitative estimate of drug-likeness (QED) is 0.565. The van der Waals surface area contributed by atoms with Gasteiger partial charge in [-0.2, -0.15) is 5.26 Å². The molecule has 1 rings (SSSR count). The second kappa shape index (κ2) is 2.33. The number of hydrogen-bond donors (Lipinski definition) is 2. The number of aliphatic hydroxyl groups is 1. The van der Waals surface area contributed by atoms with E-state index in [0.29, 0.717) is 5.69 Å². The third-order valence-electron chi connectivity index (χ3n) is 1.05. The van der Waals surface area contributed by atoms with Crippen molar-refractivity contribution in [2.45, 2.75) is 6.61 Å². The summed E-state index contributed by atoms with van der Waals surface area (Å²) in [7, 11) is 0. The number of aromatic nitrogens is 1. The van der Waals surface area contributed by atoms with Gasteiger partial charge < -0.3 is 10.1 Å². The van der Waals surface area contributed by atoms with Gasteiger partial charge >= 0.3 is 0 Å². The minimum absolute atomic E-state index is 0.0157. The van der Waals surface area contributed by atoms with Crippen molar-refractivity contribution in [1.29, 1.82) is 5.26 Å². The highest BCUT2D eigenvalue weighted by Gasteiger charge is 1.93. The Balaban J connectivity index is 2.90. The molecule has 1 heterocycles. The first kappa shape index (κ1) is 5.86. The van der Waals surface area contributed by atoms with Crippen LogP contribution in [0.3, 0.4) is 0 Å². The van der Waals surface area contributed by atoms with Crippen molar-refractivity contribution in [2.24, 2.45) is 0 Å². The van der Waals surface area contributed by atoms with Gasteiger partial charge in [-0.15, -0.1) is 0 Å². The van der Waals surface area contributed by atoms with Crippen LogP contribution in [0.2, 0.25) is 0 Å². The molecule has 0 radical (unpaired) electrons. The van der Waals surface area contributed by atoms with E-state index in [1.165, 1.54) is 0 Å². The van der Waals surface area contributed by atoms with Crippen LogP contribution in [0.4, 0.5) is 0 Å². The summed E-state index contributed by atoms with van der Waals surface area (Å²) in [5.41, 5.74) is 1.23. The maximum Gasteiger partial charge on any atom is 0.117 e. The lowest BCUT2D eigenvalue weighted by Gasteiger charge is -1.79. The molecule has 0 amide bonds. The Morgan fingerprint density at radius 3 is 2.89 bits per heavy atom. The molecule has 1 aromatic rings. The van der Waals surface area contributed by atoms with E-state index in [-0.39, 0.29) is 6.61 Å². The van der Waals surface area contributed by atoms with E-state index in [0.717, 1.165) is 5.56 Å². The molecule has 1 aromatic heterocycles. The smallest absolute Gasteiger partial charge is 0.117 e. The van der Waals surface area contributed by atoms with E-state index in [4.69, 9.17) is 10.4 Å². The number of aliphatic hydroxyl groups excluding tert-OH is 1. The van der Waals surface area contributed by atoms with Gasteiger partial charge in [0.2, 0.25) is 0 Å². The molecule has 0 spiro atoms. The summed E-state index contributed by atoms with van der Waals surface area (Å²) >= 11 is 0. The van der Waals surface area contributed by atoms with Crippen LogP contribution in [0.15, 0.2) is 12.3 Å². The lowest BCUT2D eigenvalue weighted by atomic mass is 10.3. The fraction of sp³-hybridized carbons (Fsp3) is 0.167. The number of nitrogens with zero attached hydrogens (tertiary/aromatic N) is 1. The van der Waals surface area contributed by atoms with Gasteiger partial charge in [0.05, 0.1) is 6.61 Å².